The van der Waals surface area contributed by atoms with Crippen molar-refractivity contribution in [1.29, 1.82) is 0 Å². The third kappa shape index (κ3) is 4.13. The van der Waals surface area contributed by atoms with Gasteiger partial charge < -0.3 is 9.64 Å². The number of carbonyl (C=O) groups is 4. The van der Waals surface area contributed by atoms with E-state index in [4.69, 9.17) is 16.3 Å². The minimum absolute atomic E-state index is 0.149. The molecule has 3 aliphatic heterocycles. The molecule has 2 saturated heterocycles. The van der Waals surface area contributed by atoms with Crippen LogP contribution in [0.4, 0.5) is 11.4 Å². The number of ketones is 1. The van der Waals surface area contributed by atoms with Crippen LogP contribution < -0.4 is 14.5 Å². The summed E-state index contributed by atoms with van der Waals surface area (Å²) in [5, 5.41) is 0.481. The Balaban J connectivity index is 1.22. The van der Waals surface area contributed by atoms with Crippen molar-refractivity contribution < 1.29 is 23.9 Å². The number of fused-ring (bicyclic) bond motifs is 5. The molecule has 4 atom stereocenters. The predicted octanol–water partition coefficient (Wildman–Crippen LogP) is 5.57. The van der Waals surface area contributed by atoms with E-state index in [2.05, 4.69) is 0 Å². The molecule has 0 spiro atoms. The van der Waals surface area contributed by atoms with Gasteiger partial charge in [0.1, 0.15) is 11.8 Å². The fourth-order valence-corrected chi connectivity index (χ4v) is 6.36. The van der Waals surface area contributed by atoms with Crippen LogP contribution in [0.15, 0.2) is 109 Å². The smallest absolute Gasteiger partial charge is 0.335 e. The van der Waals surface area contributed by atoms with Crippen LogP contribution >= 0.6 is 11.6 Å². The number of benzene rings is 4. The van der Waals surface area contributed by atoms with Crippen LogP contribution in [-0.2, 0) is 14.4 Å². The van der Waals surface area contributed by atoms with E-state index in [1.165, 1.54) is 0 Å². The quantitative estimate of drug-likeness (QED) is 0.134. The molecule has 0 aliphatic carbocycles. The first-order valence-corrected chi connectivity index (χ1v) is 13.9. The number of halogens is 1. The highest BCUT2D eigenvalue weighted by atomic mass is 35.5. The number of nitrogens with zero attached hydrogens (tertiary/aromatic N) is 2. The molecule has 2 fully saturated rings. The first-order chi connectivity index (χ1) is 20.4. The second-order valence-electron chi connectivity index (χ2n) is 10.4. The number of ether oxygens (including phenoxy) is 1. The van der Waals surface area contributed by atoms with Crippen molar-refractivity contribution in [3.63, 3.8) is 0 Å². The van der Waals surface area contributed by atoms with E-state index in [9.17, 15) is 19.2 Å². The predicted molar refractivity (Wildman–Crippen MR) is 158 cm³/mol. The molecule has 42 heavy (non-hydrogen) atoms. The number of anilines is 2. The Morgan fingerprint density at radius 1 is 0.714 bits per heavy atom. The van der Waals surface area contributed by atoms with Crippen LogP contribution in [-0.4, -0.2) is 35.7 Å². The van der Waals surface area contributed by atoms with Gasteiger partial charge in [-0.2, -0.15) is 0 Å². The third-order valence-electron chi connectivity index (χ3n) is 8.11. The Morgan fingerprint density at radius 3 is 2.10 bits per heavy atom. The van der Waals surface area contributed by atoms with Crippen molar-refractivity contribution in [3.8, 4) is 5.75 Å². The van der Waals surface area contributed by atoms with Crippen LogP contribution in [0, 0.1) is 11.8 Å². The van der Waals surface area contributed by atoms with E-state index < -0.39 is 35.8 Å². The van der Waals surface area contributed by atoms with Gasteiger partial charge in [-0.3, -0.25) is 14.4 Å². The Morgan fingerprint density at radius 2 is 1.36 bits per heavy atom. The van der Waals surface area contributed by atoms with Gasteiger partial charge in [-0.15, -0.1) is 0 Å². The summed E-state index contributed by atoms with van der Waals surface area (Å²) in [7, 11) is 0. The average molecular weight is 575 g/mol. The zero-order valence-corrected chi connectivity index (χ0v) is 22.8. The molecule has 4 unspecified atom stereocenters. The van der Waals surface area contributed by atoms with Gasteiger partial charge in [-0.25, -0.2) is 9.69 Å². The summed E-state index contributed by atoms with van der Waals surface area (Å²) in [6.07, 6.45) is 3.81. The van der Waals surface area contributed by atoms with Crippen LogP contribution in [0.5, 0.6) is 5.75 Å². The largest absolute Gasteiger partial charge is 0.425 e. The van der Waals surface area contributed by atoms with E-state index >= 15 is 0 Å². The third-order valence-corrected chi connectivity index (χ3v) is 8.36. The molecule has 0 aromatic heterocycles. The zero-order chi connectivity index (χ0) is 29.0. The lowest BCUT2D eigenvalue weighted by molar-refractivity contribution is -0.139. The highest BCUT2D eigenvalue weighted by molar-refractivity contribution is 6.31. The molecular weight excluding hydrogens is 552 g/mol. The van der Waals surface area contributed by atoms with Gasteiger partial charge in [0.05, 0.1) is 23.6 Å². The normalized spacial score (nSPS) is 22.0. The number of imide groups is 1. The molecule has 8 heteroatoms. The molecule has 7 nitrogen and oxygen atoms in total. The fourth-order valence-electron chi connectivity index (χ4n) is 6.24. The number of carbonyl (C=O) groups excluding carboxylic acids is 4. The second-order valence-corrected chi connectivity index (χ2v) is 10.9. The summed E-state index contributed by atoms with van der Waals surface area (Å²) in [4.78, 5) is 57.5. The topological polar surface area (TPSA) is 84.0 Å². The summed E-state index contributed by atoms with van der Waals surface area (Å²) in [6, 6.07) is 27.7. The standard InChI is InChI=1S/C34H23ClN2O5/c35-23-13-15-24(16-14-23)36-32(39)28-27-19-12-20-6-4-5-9-26(20)37(27)30(29(28)33(36)40)34(41)42-25-17-10-22(11-18-25)31(38)21-7-2-1-3-8-21/h1-19,27-30H. The molecular formula is C34H23ClN2O5. The fraction of sp³-hybridized carbons (Fsp3) is 0.118. The Labute approximate surface area is 246 Å². The molecule has 2 amide bonds. The number of hydrogen-bond donors (Lipinski definition) is 0. The lowest BCUT2D eigenvalue weighted by Crippen LogP contribution is -2.50. The van der Waals surface area contributed by atoms with E-state index in [-0.39, 0.29) is 17.4 Å². The first kappa shape index (κ1) is 25.9. The molecule has 0 bridgehead atoms. The van der Waals surface area contributed by atoms with Gasteiger partial charge in [0.25, 0.3) is 0 Å². The molecule has 7 rings (SSSR count). The Hall–Kier alpha value is -5.01. The van der Waals surface area contributed by atoms with E-state index in [0.29, 0.717) is 21.8 Å². The van der Waals surface area contributed by atoms with Crippen molar-refractivity contribution in [2.24, 2.45) is 11.8 Å². The minimum Gasteiger partial charge on any atom is -0.425 e. The average Bonchev–Trinajstić information content (AvgIpc) is 3.50. The van der Waals surface area contributed by atoms with Gasteiger partial charge in [0.2, 0.25) is 11.8 Å². The van der Waals surface area contributed by atoms with Gasteiger partial charge in [0, 0.05) is 21.8 Å². The summed E-state index contributed by atoms with van der Waals surface area (Å²) < 4.78 is 5.84. The highest BCUT2D eigenvalue weighted by Gasteiger charge is 2.65. The van der Waals surface area contributed by atoms with Gasteiger partial charge >= 0.3 is 5.97 Å². The van der Waals surface area contributed by atoms with Crippen molar-refractivity contribution in [1.82, 2.24) is 0 Å². The summed E-state index contributed by atoms with van der Waals surface area (Å²) >= 11 is 6.04. The highest BCUT2D eigenvalue weighted by Crippen LogP contribution is 2.49. The molecule has 4 aromatic rings. The van der Waals surface area contributed by atoms with E-state index in [1.54, 1.807) is 72.8 Å². The molecule has 4 aromatic carbocycles. The first-order valence-electron chi connectivity index (χ1n) is 13.5. The monoisotopic (exact) mass is 574 g/mol. The lowest BCUT2D eigenvalue weighted by Gasteiger charge is -2.36. The number of amides is 2. The Kier molecular flexibility index (Phi) is 6.25. The number of para-hydroxylation sites is 1. The van der Waals surface area contributed by atoms with Crippen molar-refractivity contribution in [2.45, 2.75) is 12.1 Å². The van der Waals surface area contributed by atoms with Gasteiger partial charge in [-0.1, -0.05) is 72.3 Å². The number of esters is 1. The maximum absolute atomic E-state index is 13.9. The maximum Gasteiger partial charge on any atom is 0.335 e. The van der Waals surface area contributed by atoms with E-state index in [0.717, 1.165) is 16.2 Å². The number of rotatable bonds is 5. The van der Waals surface area contributed by atoms with Crippen LogP contribution in [0.3, 0.4) is 0 Å². The SMILES string of the molecule is O=C(c1ccccc1)c1ccc(OC(=O)C2C3C(=O)N(c4ccc(Cl)cc4)C(=O)C3C3C=Cc4ccccc4N32)cc1. The van der Waals surface area contributed by atoms with Crippen LogP contribution in [0.25, 0.3) is 6.08 Å². The lowest BCUT2D eigenvalue weighted by atomic mass is 9.89. The van der Waals surface area contributed by atoms with Gasteiger partial charge in [0.15, 0.2) is 5.78 Å². The van der Waals surface area contributed by atoms with Crippen molar-refractivity contribution in [2.75, 3.05) is 9.80 Å². The van der Waals surface area contributed by atoms with E-state index in [1.807, 2.05) is 47.4 Å². The zero-order valence-electron chi connectivity index (χ0n) is 22.1. The van der Waals surface area contributed by atoms with Crippen LogP contribution in [0.1, 0.15) is 21.5 Å². The summed E-state index contributed by atoms with van der Waals surface area (Å²) in [5.74, 6) is -3.13. The summed E-state index contributed by atoms with van der Waals surface area (Å²) in [5.41, 5.74) is 3.04. The number of hydrogen-bond acceptors (Lipinski definition) is 6. The molecule has 0 radical (unpaired) electrons. The minimum atomic E-state index is -1.05. The Bertz CT molecular complexity index is 1770. The molecule has 3 aliphatic rings. The molecule has 0 saturated carbocycles. The van der Waals surface area contributed by atoms with Crippen molar-refractivity contribution in [3.05, 3.63) is 131 Å². The molecule has 206 valence electrons. The van der Waals surface area contributed by atoms with Gasteiger partial charge in [-0.05, 0) is 60.2 Å². The second kappa shape index (κ2) is 10.1. The summed E-state index contributed by atoms with van der Waals surface area (Å²) in [6.45, 7) is 0. The van der Waals surface area contributed by atoms with Crippen molar-refractivity contribution >= 4 is 52.6 Å². The maximum atomic E-state index is 13.9. The molecule has 3 heterocycles. The molecule has 0 N–H and O–H groups in total. The van der Waals surface area contributed by atoms with Crippen LogP contribution in [0.2, 0.25) is 5.02 Å².